The van der Waals surface area contributed by atoms with Crippen LogP contribution in [0.15, 0.2) is 78.9 Å². The third-order valence-electron chi connectivity index (χ3n) is 9.43. The number of hydrogen-bond donors (Lipinski definition) is 2. The van der Waals surface area contributed by atoms with E-state index in [1.54, 1.807) is 41.1 Å². The van der Waals surface area contributed by atoms with Crippen molar-refractivity contribution in [3.63, 3.8) is 0 Å². The van der Waals surface area contributed by atoms with E-state index in [1.807, 2.05) is 54.6 Å². The van der Waals surface area contributed by atoms with Crippen LogP contribution in [0, 0.1) is 0 Å². The van der Waals surface area contributed by atoms with Crippen LogP contribution in [-0.4, -0.2) is 78.3 Å². The summed E-state index contributed by atoms with van der Waals surface area (Å²) in [6.45, 7) is 3.12. The summed E-state index contributed by atoms with van der Waals surface area (Å²) in [4.78, 5) is 57.1. The highest BCUT2D eigenvalue weighted by molar-refractivity contribution is 5.94. The standard InChI is InChI=1S/C40H50N4O5/c1-3-4-5-6-7-8-9-19-37(45)42-36-18-13-22-43(2)39(47)32-16-12-17-35(25-32)49-28-34-26-33(27-44(34)40(36)48)41-38(46)24-29-20-21-30-14-10-11-15-31(30)23-29/h8-12,14-17,20-21,23,25,33-34,36H,3-7,13,18-19,22,24,26-28H2,1-2H3,(H,41,46)(H,42,45)/t33-,34-,36-/m0/s1. The zero-order valence-electron chi connectivity index (χ0n) is 28.9. The Morgan fingerprint density at radius 3 is 2.59 bits per heavy atom. The van der Waals surface area contributed by atoms with E-state index >= 15 is 0 Å². The molecular formula is C40H50N4O5. The minimum Gasteiger partial charge on any atom is -0.491 e. The topological polar surface area (TPSA) is 108 Å². The van der Waals surface area contributed by atoms with Crippen molar-refractivity contribution in [2.24, 2.45) is 0 Å². The van der Waals surface area contributed by atoms with Gasteiger partial charge in [-0.15, -0.1) is 0 Å². The van der Waals surface area contributed by atoms with Crippen molar-refractivity contribution in [1.82, 2.24) is 20.4 Å². The van der Waals surface area contributed by atoms with Crippen molar-refractivity contribution >= 4 is 34.4 Å². The second-order valence-electron chi connectivity index (χ2n) is 13.4. The molecule has 2 N–H and O–H groups in total. The smallest absolute Gasteiger partial charge is 0.253 e. The molecule has 49 heavy (non-hydrogen) atoms. The number of nitrogens with zero attached hydrogens (tertiary/aromatic N) is 2. The molecule has 260 valence electrons. The quantitative estimate of drug-likeness (QED) is 0.198. The number of fused-ring (bicyclic) bond motifs is 4. The summed E-state index contributed by atoms with van der Waals surface area (Å²) in [5.41, 5.74) is 1.45. The lowest BCUT2D eigenvalue weighted by Crippen LogP contribution is -2.51. The van der Waals surface area contributed by atoms with E-state index < -0.39 is 6.04 Å². The molecule has 0 radical (unpaired) electrons. The maximum atomic E-state index is 14.2. The van der Waals surface area contributed by atoms with Crippen molar-refractivity contribution in [3.05, 3.63) is 90.0 Å². The molecule has 9 nitrogen and oxygen atoms in total. The number of hydrogen-bond acceptors (Lipinski definition) is 5. The highest BCUT2D eigenvalue weighted by Gasteiger charge is 2.39. The largest absolute Gasteiger partial charge is 0.491 e. The number of ether oxygens (including phenoxy) is 1. The molecule has 2 aliphatic rings. The number of nitrogens with one attached hydrogen (secondary N) is 2. The molecule has 3 aromatic carbocycles. The predicted molar refractivity (Wildman–Crippen MR) is 192 cm³/mol. The number of rotatable bonds is 11. The normalized spacial score (nSPS) is 20.2. The molecule has 2 heterocycles. The van der Waals surface area contributed by atoms with Gasteiger partial charge in [0.2, 0.25) is 17.7 Å². The molecule has 0 unspecified atom stereocenters. The fraction of sp³-hybridized carbons (Fsp3) is 0.450. The summed E-state index contributed by atoms with van der Waals surface area (Å²) >= 11 is 0. The average molecular weight is 667 g/mol. The van der Waals surface area contributed by atoms with Gasteiger partial charge >= 0.3 is 0 Å². The van der Waals surface area contributed by atoms with E-state index in [0.717, 1.165) is 29.2 Å². The van der Waals surface area contributed by atoms with Crippen molar-refractivity contribution in [1.29, 1.82) is 0 Å². The van der Waals surface area contributed by atoms with Gasteiger partial charge < -0.3 is 25.2 Å². The first-order valence-corrected chi connectivity index (χ1v) is 17.8. The van der Waals surface area contributed by atoms with E-state index in [4.69, 9.17) is 4.74 Å². The molecule has 3 aromatic rings. The van der Waals surface area contributed by atoms with Crippen LogP contribution in [0.5, 0.6) is 5.75 Å². The Hall–Kier alpha value is -4.66. The van der Waals surface area contributed by atoms with Crippen LogP contribution in [0.2, 0.25) is 0 Å². The second-order valence-corrected chi connectivity index (χ2v) is 13.4. The lowest BCUT2D eigenvalue weighted by Gasteiger charge is -2.30. The number of carbonyl (C=O) groups is 4. The maximum absolute atomic E-state index is 14.2. The molecule has 4 amide bonds. The van der Waals surface area contributed by atoms with Gasteiger partial charge in [-0.05, 0) is 66.6 Å². The van der Waals surface area contributed by atoms with Gasteiger partial charge in [0.25, 0.3) is 5.91 Å². The number of amides is 4. The van der Waals surface area contributed by atoms with E-state index in [1.165, 1.54) is 19.3 Å². The summed E-state index contributed by atoms with van der Waals surface area (Å²) in [6.07, 6.45) is 11.4. The third-order valence-corrected chi connectivity index (χ3v) is 9.43. The molecule has 1 saturated heterocycles. The first-order valence-electron chi connectivity index (χ1n) is 17.8. The molecule has 0 aromatic heterocycles. The molecule has 0 spiro atoms. The minimum absolute atomic E-state index is 0.110. The fourth-order valence-corrected chi connectivity index (χ4v) is 6.74. The summed E-state index contributed by atoms with van der Waals surface area (Å²) in [5.74, 6) is -0.109. The Bertz CT molecular complexity index is 1640. The summed E-state index contributed by atoms with van der Waals surface area (Å²) < 4.78 is 6.17. The summed E-state index contributed by atoms with van der Waals surface area (Å²) in [6, 6.07) is 19.8. The van der Waals surface area contributed by atoms with Gasteiger partial charge in [-0.1, -0.05) is 86.9 Å². The Labute approximate surface area is 290 Å². The van der Waals surface area contributed by atoms with E-state index in [0.29, 0.717) is 43.7 Å². The Balaban J connectivity index is 1.29. The highest BCUT2D eigenvalue weighted by Crippen LogP contribution is 2.24. The van der Waals surface area contributed by atoms with Crippen LogP contribution >= 0.6 is 0 Å². The van der Waals surface area contributed by atoms with Crippen LogP contribution in [-0.2, 0) is 20.8 Å². The molecular weight excluding hydrogens is 616 g/mol. The van der Waals surface area contributed by atoms with Gasteiger partial charge in [0.15, 0.2) is 0 Å². The van der Waals surface area contributed by atoms with Crippen LogP contribution < -0.4 is 15.4 Å². The maximum Gasteiger partial charge on any atom is 0.253 e. The van der Waals surface area contributed by atoms with Crippen molar-refractivity contribution in [2.45, 2.75) is 89.3 Å². The van der Waals surface area contributed by atoms with Crippen LogP contribution in [0.4, 0.5) is 0 Å². The molecule has 3 atom stereocenters. The van der Waals surface area contributed by atoms with Gasteiger partial charge in [-0.3, -0.25) is 19.2 Å². The zero-order chi connectivity index (χ0) is 34.6. The molecule has 5 rings (SSSR count). The number of carbonyl (C=O) groups excluding carboxylic acids is 4. The molecule has 2 bridgehead atoms. The van der Waals surface area contributed by atoms with Crippen LogP contribution in [0.25, 0.3) is 10.8 Å². The Kier molecular flexibility index (Phi) is 12.8. The van der Waals surface area contributed by atoms with Gasteiger partial charge in [0.05, 0.1) is 12.5 Å². The molecule has 0 saturated carbocycles. The van der Waals surface area contributed by atoms with Crippen LogP contribution in [0.1, 0.15) is 80.6 Å². The lowest BCUT2D eigenvalue weighted by atomic mass is 10.0. The minimum atomic E-state index is -0.760. The SMILES string of the molecule is CCCCCCC=CCC(=O)N[C@H]1CCCN(C)C(=O)c2cccc(c2)OC[C@@H]2C[C@H](NC(=O)Cc3ccc4ccccc4c3)CN2C1=O. The number of unbranched alkanes of at least 4 members (excludes halogenated alkanes) is 4. The van der Waals surface area contributed by atoms with Crippen molar-refractivity contribution in [2.75, 3.05) is 26.7 Å². The lowest BCUT2D eigenvalue weighted by molar-refractivity contribution is -0.137. The third kappa shape index (κ3) is 10.2. The highest BCUT2D eigenvalue weighted by atomic mass is 16.5. The molecule has 1 fully saturated rings. The van der Waals surface area contributed by atoms with Gasteiger partial charge in [-0.25, -0.2) is 0 Å². The first-order chi connectivity index (χ1) is 23.8. The number of allylic oxidation sites excluding steroid dienone is 1. The molecule has 2 aliphatic heterocycles. The van der Waals surface area contributed by atoms with Gasteiger partial charge in [0.1, 0.15) is 18.4 Å². The van der Waals surface area contributed by atoms with E-state index in [-0.39, 0.29) is 55.2 Å². The molecule has 0 aliphatic carbocycles. The van der Waals surface area contributed by atoms with E-state index in [9.17, 15) is 19.2 Å². The monoisotopic (exact) mass is 666 g/mol. The van der Waals surface area contributed by atoms with Gasteiger partial charge in [0, 0.05) is 38.2 Å². The summed E-state index contributed by atoms with van der Waals surface area (Å²) in [5, 5.41) is 8.36. The van der Waals surface area contributed by atoms with E-state index in [2.05, 4.69) is 17.6 Å². The fourth-order valence-electron chi connectivity index (χ4n) is 6.74. The van der Waals surface area contributed by atoms with Crippen molar-refractivity contribution in [3.8, 4) is 5.75 Å². The van der Waals surface area contributed by atoms with Crippen molar-refractivity contribution < 1.29 is 23.9 Å². The number of benzene rings is 3. The predicted octanol–water partition coefficient (Wildman–Crippen LogP) is 5.81. The Morgan fingerprint density at radius 2 is 1.76 bits per heavy atom. The van der Waals surface area contributed by atoms with Crippen LogP contribution in [0.3, 0.4) is 0 Å². The van der Waals surface area contributed by atoms with Gasteiger partial charge in [-0.2, -0.15) is 0 Å². The zero-order valence-corrected chi connectivity index (χ0v) is 28.9. The first kappa shape index (κ1) is 35.6. The summed E-state index contributed by atoms with van der Waals surface area (Å²) in [7, 11) is 1.74. The second kappa shape index (κ2) is 17.7. The Morgan fingerprint density at radius 1 is 0.918 bits per heavy atom. The average Bonchev–Trinajstić information content (AvgIpc) is 3.50. The molecule has 9 heteroatoms.